The molecule has 0 spiro atoms. The van der Waals surface area contributed by atoms with Crippen LogP contribution in [0, 0.1) is 0 Å². The van der Waals surface area contributed by atoms with Gasteiger partial charge in [0.25, 0.3) is 0 Å². The van der Waals surface area contributed by atoms with Crippen LogP contribution in [0.5, 0.6) is 0 Å². The van der Waals surface area contributed by atoms with Crippen molar-refractivity contribution < 1.29 is 0 Å². The topological polar surface area (TPSA) is 33.1 Å². The van der Waals surface area contributed by atoms with Gasteiger partial charge in [-0.3, -0.25) is 0 Å². The van der Waals surface area contributed by atoms with Crippen molar-refractivity contribution in [2.24, 2.45) is 7.05 Å². The lowest BCUT2D eigenvalue weighted by Crippen LogP contribution is -2.20. The molecule has 100 valence electrons. The second kappa shape index (κ2) is 5.34. The van der Waals surface area contributed by atoms with E-state index in [1.165, 1.54) is 18.5 Å². The van der Waals surface area contributed by atoms with E-state index in [1.54, 1.807) is 0 Å². The van der Waals surface area contributed by atoms with Crippen molar-refractivity contribution in [2.45, 2.75) is 19.4 Å². The molecular weight excluding hydrogens is 236 g/mol. The Morgan fingerprint density at radius 3 is 2.79 bits per heavy atom. The van der Waals surface area contributed by atoms with Gasteiger partial charge in [0.15, 0.2) is 5.82 Å². The molecule has 0 aliphatic carbocycles. The summed E-state index contributed by atoms with van der Waals surface area (Å²) in [4.78, 5) is 6.91. The van der Waals surface area contributed by atoms with E-state index >= 15 is 0 Å². The van der Waals surface area contributed by atoms with E-state index in [0.29, 0.717) is 0 Å². The van der Waals surface area contributed by atoms with Gasteiger partial charge in [0.2, 0.25) is 0 Å². The Bertz CT molecular complexity index is 541. The minimum absolute atomic E-state index is 0.829. The van der Waals surface area contributed by atoms with Gasteiger partial charge in [0, 0.05) is 38.2 Å². The Balaban J connectivity index is 1.75. The number of hydrogen-bond donors (Lipinski definition) is 1. The number of pyridine rings is 1. The van der Waals surface area contributed by atoms with Crippen molar-refractivity contribution in [3.8, 4) is 0 Å². The van der Waals surface area contributed by atoms with Crippen LogP contribution in [0.2, 0.25) is 0 Å². The predicted octanol–water partition coefficient (Wildman–Crippen LogP) is 2.63. The molecule has 0 amide bonds. The molecule has 0 bridgehead atoms. The molecule has 19 heavy (non-hydrogen) atoms. The first-order valence-electron chi connectivity index (χ1n) is 6.88. The van der Waals surface area contributed by atoms with Gasteiger partial charge in [0.05, 0.1) is 12.2 Å². The number of hydrogen-bond acceptors (Lipinski definition) is 3. The first kappa shape index (κ1) is 12.1. The fraction of sp³-hybridized carbons (Fsp3) is 0.400. The van der Waals surface area contributed by atoms with Crippen molar-refractivity contribution >= 4 is 11.5 Å². The molecule has 4 heteroatoms. The lowest BCUT2D eigenvalue weighted by molar-refractivity contribution is 0.840. The third kappa shape index (κ3) is 2.57. The van der Waals surface area contributed by atoms with Gasteiger partial charge in [-0.2, -0.15) is 0 Å². The molecule has 1 saturated heterocycles. The summed E-state index contributed by atoms with van der Waals surface area (Å²) in [6.07, 6.45) is 6.49. The second-order valence-electron chi connectivity index (χ2n) is 5.03. The van der Waals surface area contributed by atoms with Gasteiger partial charge >= 0.3 is 0 Å². The molecule has 4 nitrogen and oxygen atoms in total. The largest absolute Gasteiger partial charge is 0.376 e. The number of rotatable bonds is 4. The fourth-order valence-corrected chi connectivity index (χ4v) is 2.58. The van der Waals surface area contributed by atoms with Crippen LogP contribution in [-0.2, 0) is 13.6 Å². The molecule has 1 aliphatic heterocycles. The average molecular weight is 256 g/mol. The molecule has 0 atom stereocenters. The molecule has 1 aliphatic rings. The molecule has 2 aromatic heterocycles. The highest BCUT2D eigenvalue weighted by Crippen LogP contribution is 2.26. The number of aromatic nitrogens is 2. The molecule has 3 heterocycles. The van der Waals surface area contributed by atoms with Gasteiger partial charge < -0.3 is 14.8 Å². The first-order chi connectivity index (χ1) is 9.34. The monoisotopic (exact) mass is 256 g/mol. The average Bonchev–Trinajstić information content (AvgIpc) is 3.08. The summed E-state index contributed by atoms with van der Waals surface area (Å²) in [6.45, 7) is 3.07. The molecule has 0 aromatic carbocycles. The van der Waals surface area contributed by atoms with Crippen LogP contribution in [0.4, 0.5) is 11.5 Å². The zero-order valence-electron chi connectivity index (χ0n) is 11.3. The van der Waals surface area contributed by atoms with Crippen LogP contribution >= 0.6 is 0 Å². The Kier molecular flexibility index (Phi) is 3.40. The van der Waals surface area contributed by atoms with Gasteiger partial charge in [-0.25, -0.2) is 4.98 Å². The highest BCUT2D eigenvalue weighted by molar-refractivity contribution is 5.65. The van der Waals surface area contributed by atoms with Crippen LogP contribution in [-0.4, -0.2) is 22.6 Å². The molecule has 2 aromatic rings. The van der Waals surface area contributed by atoms with Crippen LogP contribution < -0.4 is 10.2 Å². The molecule has 1 fully saturated rings. The van der Waals surface area contributed by atoms with Gasteiger partial charge in [-0.15, -0.1) is 0 Å². The maximum absolute atomic E-state index is 4.54. The minimum Gasteiger partial charge on any atom is -0.376 e. The zero-order valence-corrected chi connectivity index (χ0v) is 11.3. The number of nitrogens with one attached hydrogen (secondary N) is 1. The lowest BCUT2D eigenvalue weighted by Gasteiger charge is -2.20. The maximum atomic E-state index is 4.54. The summed E-state index contributed by atoms with van der Waals surface area (Å²) in [6, 6.07) is 8.32. The minimum atomic E-state index is 0.829. The molecule has 0 saturated carbocycles. The van der Waals surface area contributed by atoms with Crippen molar-refractivity contribution in [1.82, 2.24) is 9.55 Å². The van der Waals surface area contributed by atoms with Gasteiger partial charge in [-0.05, 0) is 37.1 Å². The summed E-state index contributed by atoms with van der Waals surface area (Å²) in [5, 5.41) is 3.51. The molecule has 1 N–H and O–H groups in total. The summed E-state index contributed by atoms with van der Waals surface area (Å²) in [7, 11) is 2.07. The highest BCUT2D eigenvalue weighted by atomic mass is 15.2. The summed E-state index contributed by atoms with van der Waals surface area (Å²) in [5.74, 6) is 1.09. The Morgan fingerprint density at radius 2 is 2.05 bits per heavy atom. The van der Waals surface area contributed by atoms with Crippen molar-refractivity contribution in [1.29, 1.82) is 0 Å². The van der Waals surface area contributed by atoms with E-state index in [-0.39, 0.29) is 0 Å². The van der Waals surface area contributed by atoms with Crippen LogP contribution in [0.25, 0.3) is 0 Å². The molecule has 3 rings (SSSR count). The van der Waals surface area contributed by atoms with Crippen molar-refractivity contribution in [2.75, 3.05) is 23.3 Å². The number of aryl methyl sites for hydroxylation is 1. The number of nitrogens with zero attached hydrogens (tertiary/aromatic N) is 3. The van der Waals surface area contributed by atoms with E-state index in [0.717, 1.165) is 31.1 Å². The van der Waals surface area contributed by atoms with E-state index in [9.17, 15) is 0 Å². The Hall–Kier alpha value is -1.97. The van der Waals surface area contributed by atoms with Crippen molar-refractivity contribution in [3.05, 3.63) is 42.4 Å². The SMILES string of the molecule is Cn1cccc1CNc1cccnc1N1CCCC1. The Labute approximate surface area is 114 Å². The first-order valence-corrected chi connectivity index (χ1v) is 6.88. The van der Waals surface area contributed by atoms with Crippen LogP contribution in [0.1, 0.15) is 18.5 Å². The van der Waals surface area contributed by atoms with Crippen LogP contribution in [0.3, 0.4) is 0 Å². The standard InChI is InChI=1S/C15H20N4/c1-18-9-5-6-13(18)12-17-14-7-4-8-16-15(14)19-10-2-3-11-19/h4-9,17H,2-3,10-12H2,1H3. The Morgan fingerprint density at radius 1 is 1.21 bits per heavy atom. The van der Waals surface area contributed by atoms with Crippen LogP contribution in [0.15, 0.2) is 36.7 Å². The van der Waals surface area contributed by atoms with E-state index in [1.807, 2.05) is 12.3 Å². The normalized spacial score (nSPS) is 14.9. The zero-order chi connectivity index (χ0) is 13.1. The predicted molar refractivity (Wildman–Crippen MR) is 78.4 cm³/mol. The lowest BCUT2D eigenvalue weighted by atomic mass is 10.3. The summed E-state index contributed by atoms with van der Waals surface area (Å²) in [5.41, 5.74) is 2.40. The van der Waals surface area contributed by atoms with Gasteiger partial charge in [-0.1, -0.05) is 0 Å². The van der Waals surface area contributed by atoms with E-state index < -0.39 is 0 Å². The maximum Gasteiger partial charge on any atom is 0.151 e. The smallest absolute Gasteiger partial charge is 0.151 e. The van der Waals surface area contributed by atoms with Gasteiger partial charge in [0.1, 0.15) is 0 Å². The second-order valence-corrected chi connectivity index (χ2v) is 5.03. The van der Waals surface area contributed by atoms with E-state index in [2.05, 4.69) is 51.2 Å². The van der Waals surface area contributed by atoms with Crippen molar-refractivity contribution in [3.63, 3.8) is 0 Å². The fourth-order valence-electron chi connectivity index (χ4n) is 2.58. The molecular formula is C15H20N4. The third-order valence-corrected chi connectivity index (χ3v) is 3.70. The molecule has 0 unspecified atom stereocenters. The van der Waals surface area contributed by atoms with E-state index in [4.69, 9.17) is 0 Å². The highest BCUT2D eigenvalue weighted by Gasteiger charge is 2.16. The summed E-state index contributed by atoms with van der Waals surface area (Å²) >= 11 is 0. The number of anilines is 2. The molecule has 0 radical (unpaired) electrons. The third-order valence-electron chi connectivity index (χ3n) is 3.70. The quantitative estimate of drug-likeness (QED) is 0.913. The summed E-state index contributed by atoms with van der Waals surface area (Å²) < 4.78 is 2.14.